The Kier molecular flexibility index (Phi) is 6.59. The van der Waals surface area contributed by atoms with Gasteiger partial charge in [0.2, 0.25) is 10.0 Å². The van der Waals surface area contributed by atoms with Crippen molar-refractivity contribution >= 4 is 16.1 Å². The van der Waals surface area contributed by atoms with Gasteiger partial charge < -0.3 is 5.11 Å². The number of aliphatic hydroxyl groups excluding tert-OH is 1. The van der Waals surface area contributed by atoms with Gasteiger partial charge in [-0.3, -0.25) is 4.98 Å². The molecular weight excluding hydrogens is 560 g/mol. The van der Waals surface area contributed by atoms with E-state index in [0.29, 0.717) is 11.4 Å². The summed E-state index contributed by atoms with van der Waals surface area (Å²) in [5, 5.41) is 16.3. The van der Waals surface area contributed by atoms with Gasteiger partial charge in [-0.1, -0.05) is 11.6 Å². The van der Waals surface area contributed by atoms with Crippen LogP contribution in [-0.2, 0) is 22.6 Å². The van der Waals surface area contributed by atoms with E-state index >= 15 is 0 Å². The Balaban J connectivity index is 1.41. The molecule has 1 aliphatic heterocycles. The third-order valence-corrected chi connectivity index (χ3v) is 9.67. The predicted molar refractivity (Wildman–Crippen MR) is 142 cm³/mol. The molecule has 0 spiro atoms. The first kappa shape index (κ1) is 27.3. The molecule has 0 bridgehead atoms. The number of sulfonamides is 1. The molecule has 2 aliphatic rings. The van der Waals surface area contributed by atoms with Gasteiger partial charge >= 0.3 is 6.18 Å². The van der Waals surface area contributed by atoms with Crippen LogP contribution in [0.15, 0.2) is 89.6 Å². The summed E-state index contributed by atoms with van der Waals surface area (Å²) in [6.07, 6.45) is -0.223. The SMILES string of the molecule is O=S(=O)(c1ccc(C(F)(F)F)cc1)N1CCC2=Cc3c(cnn3-c3ccc(F)cc3)CC2([C@H](O)c2ccccn2)C1. The van der Waals surface area contributed by atoms with Crippen LogP contribution in [0.2, 0.25) is 0 Å². The van der Waals surface area contributed by atoms with Crippen molar-refractivity contribution in [3.63, 3.8) is 0 Å². The van der Waals surface area contributed by atoms with E-state index in [1.54, 1.807) is 47.4 Å². The lowest BCUT2D eigenvalue weighted by atomic mass is 9.64. The summed E-state index contributed by atoms with van der Waals surface area (Å²) < 4.78 is 83.0. The molecule has 212 valence electrons. The molecule has 7 nitrogen and oxygen atoms in total. The number of aromatic nitrogens is 3. The number of pyridine rings is 1. The second-order valence-corrected chi connectivity index (χ2v) is 12.2. The number of piperidine rings is 1. The maximum atomic E-state index is 13.7. The molecular formula is C29H24F4N4O3S. The largest absolute Gasteiger partial charge is 0.416 e. The number of aliphatic hydroxyl groups is 1. The average Bonchev–Trinajstić information content (AvgIpc) is 3.37. The molecule has 0 amide bonds. The first-order valence-electron chi connectivity index (χ1n) is 12.8. The van der Waals surface area contributed by atoms with E-state index in [4.69, 9.17) is 0 Å². The Morgan fingerprint density at radius 2 is 1.73 bits per heavy atom. The van der Waals surface area contributed by atoms with Crippen LogP contribution >= 0.6 is 0 Å². The molecule has 1 saturated heterocycles. The Morgan fingerprint density at radius 3 is 2.39 bits per heavy atom. The van der Waals surface area contributed by atoms with Gasteiger partial charge in [0.05, 0.1) is 33.7 Å². The van der Waals surface area contributed by atoms with Gasteiger partial charge in [-0.05, 0) is 85.1 Å². The van der Waals surface area contributed by atoms with Crippen molar-refractivity contribution < 1.29 is 31.1 Å². The maximum Gasteiger partial charge on any atom is 0.416 e. The minimum atomic E-state index is -4.60. The van der Waals surface area contributed by atoms with Gasteiger partial charge in [-0.2, -0.15) is 22.6 Å². The second-order valence-electron chi connectivity index (χ2n) is 10.2. The van der Waals surface area contributed by atoms with Crippen molar-refractivity contribution in [2.24, 2.45) is 5.41 Å². The summed E-state index contributed by atoms with van der Waals surface area (Å²) in [6.45, 7) is -0.0625. The Morgan fingerprint density at radius 1 is 1.00 bits per heavy atom. The third-order valence-electron chi connectivity index (χ3n) is 7.81. The molecule has 12 heteroatoms. The number of nitrogens with zero attached hydrogens (tertiary/aromatic N) is 4. The van der Waals surface area contributed by atoms with Gasteiger partial charge in [-0.25, -0.2) is 17.5 Å². The number of hydrogen-bond donors (Lipinski definition) is 1. The Bertz CT molecular complexity index is 1720. The van der Waals surface area contributed by atoms with Crippen LogP contribution in [0, 0.1) is 11.2 Å². The highest BCUT2D eigenvalue weighted by atomic mass is 32.2. The zero-order chi connectivity index (χ0) is 29.0. The zero-order valence-electron chi connectivity index (χ0n) is 21.5. The van der Waals surface area contributed by atoms with E-state index in [-0.39, 0.29) is 36.6 Å². The highest BCUT2D eigenvalue weighted by Gasteiger charge is 2.51. The van der Waals surface area contributed by atoms with Crippen molar-refractivity contribution in [3.05, 3.63) is 113 Å². The van der Waals surface area contributed by atoms with Gasteiger partial charge in [0, 0.05) is 24.7 Å². The van der Waals surface area contributed by atoms with Gasteiger partial charge in [0.15, 0.2) is 0 Å². The fourth-order valence-corrected chi connectivity index (χ4v) is 7.21. The van der Waals surface area contributed by atoms with Crippen LogP contribution in [-0.4, -0.2) is 45.7 Å². The minimum absolute atomic E-state index is 0.0614. The monoisotopic (exact) mass is 584 g/mol. The van der Waals surface area contributed by atoms with Gasteiger partial charge in [0.25, 0.3) is 0 Å². The normalized spacial score (nSPS) is 20.2. The molecule has 6 rings (SSSR count). The van der Waals surface area contributed by atoms with Crippen LogP contribution in [0.1, 0.15) is 35.0 Å². The van der Waals surface area contributed by atoms with Crippen molar-refractivity contribution in [1.29, 1.82) is 0 Å². The first-order chi connectivity index (χ1) is 19.5. The molecule has 1 N–H and O–H groups in total. The van der Waals surface area contributed by atoms with Crippen molar-refractivity contribution in [2.45, 2.75) is 30.0 Å². The summed E-state index contributed by atoms with van der Waals surface area (Å²) in [7, 11) is -4.20. The number of rotatable bonds is 5. The summed E-state index contributed by atoms with van der Waals surface area (Å²) >= 11 is 0. The molecule has 0 radical (unpaired) electrons. The Hall–Kier alpha value is -3.87. The lowest BCUT2D eigenvalue weighted by Crippen LogP contribution is -2.52. The van der Waals surface area contributed by atoms with Crippen LogP contribution in [0.5, 0.6) is 0 Å². The number of alkyl halides is 3. The van der Waals surface area contributed by atoms with E-state index in [9.17, 15) is 31.1 Å². The van der Waals surface area contributed by atoms with Gasteiger partial charge in [0.1, 0.15) is 11.9 Å². The molecule has 1 fully saturated rings. The van der Waals surface area contributed by atoms with Crippen LogP contribution in [0.25, 0.3) is 11.8 Å². The number of benzene rings is 2. The summed E-state index contributed by atoms with van der Waals surface area (Å²) in [6, 6.07) is 14.4. The molecule has 4 aromatic rings. The maximum absolute atomic E-state index is 13.7. The summed E-state index contributed by atoms with van der Waals surface area (Å²) in [5.74, 6) is -0.382. The molecule has 0 saturated carbocycles. The first-order valence-corrected chi connectivity index (χ1v) is 14.2. The number of halogens is 4. The highest BCUT2D eigenvalue weighted by molar-refractivity contribution is 7.89. The predicted octanol–water partition coefficient (Wildman–Crippen LogP) is 5.18. The minimum Gasteiger partial charge on any atom is -0.386 e. The highest BCUT2D eigenvalue weighted by Crippen LogP contribution is 2.52. The molecule has 41 heavy (non-hydrogen) atoms. The number of hydrogen-bond acceptors (Lipinski definition) is 5. The topological polar surface area (TPSA) is 88.3 Å². The van der Waals surface area contributed by atoms with Crippen molar-refractivity contribution in [3.8, 4) is 5.69 Å². The molecule has 1 unspecified atom stereocenters. The van der Waals surface area contributed by atoms with Crippen molar-refractivity contribution in [2.75, 3.05) is 13.1 Å². The number of fused-ring (bicyclic) bond motifs is 2. The van der Waals surface area contributed by atoms with E-state index in [2.05, 4.69) is 10.1 Å². The van der Waals surface area contributed by atoms with Crippen LogP contribution in [0.3, 0.4) is 0 Å². The summed E-state index contributed by atoms with van der Waals surface area (Å²) in [4.78, 5) is 4.06. The standard InChI is InChI=1S/C29H24F4N4O3S/c30-22-6-8-23(9-7-22)37-26-15-21-12-14-36(41(39,40)24-10-4-20(5-11-24)29(31,32)33)18-28(21,16-19(26)17-35-37)27(38)25-3-1-2-13-34-25/h1-11,13,15,17,27,38H,12,14,16,18H2/t27-,28?/m1/s1. The smallest absolute Gasteiger partial charge is 0.386 e. The molecule has 2 atom stereocenters. The molecule has 3 heterocycles. The average molecular weight is 585 g/mol. The summed E-state index contributed by atoms with van der Waals surface area (Å²) in [5.41, 5.74) is 1.24. The van der Waals surface area contributed by atoms with Gasteiger partial charge in [-0.15, -0.1) is 0 Å². The second kappa shape index (κ2) is 9.89. The zero-order valence-corrected chi connectivity index (χ0v) is 22.3. The van der Waals surface area contributed by atoms with E-state index in [0.717, 1.165) is 41.1 Å². The van der Waals surface area contributed by atoms with E-state index in [1.807, 2.05) is 6.08 Å². The van der Waals surface area contributed by atoms with Crippen LogP contribution in [0.4, 0.5) is 17.6 Å². The third kappa shape index (κ3) is 4.75. The Labute approximate surface area is 233 Å². The molecule has 1 aliphatic carbocycles. The van der Waals surface area contributed by atoms with E-state index in [1.165, 1.54) is 16.4 Å². The fourth-order valence-electron chi connectivity index (χ4n) is 5.70. The lowest BCUT2D eigenvalue weighted by Gasteiger charge is -2.48. The fraction of sp³-hybridized carbons (Fsp3) is 0.241. The molecule has 2 aromatic carbocycles. The van der Waals surface area contributed by atoms with Crippen LogP contribution < -0.4 is 0 Å². The lowest BCUT2D eigenvalue weighted by molar-refractivity contribution is -0.137. The quantitative estimate of drug-likeness (QED) is 0.327. The van der Waals surface area contributed by atoms with E-state index < -0.39 is 33.3 Å². The molecule has 2 aromatic heterocycles. The van der Waals surface area contributed by atoms with Crippen molar-refractivity contribution in [1.82, 2.24) is 19.1 Å².